The van der Waals surface area contributed by atoms with Crippen LogP contribution >= 0.6 is 22.6 Å². The molecule has 0 saturated carbocycles. The van der Waals surface area contributed by atoms with Gasteiger partial charge in [-0.25, -0.2) is 8.42 Å². The highest BCUT2D eigenvalue weighted by Gasteiger charge is 2.18. The maximum absolute atomic E-state index is 12.2. The minimum atomic E-state index is -3.42. The van der Waals surface area contributed by atoms with Crippen LogP contribution in [0, 0.1) is 24.3 Å². The molecule has 146 valence electrons. The first-order valence-electron chi connectivity index (χ1n) is 8.69. The molecule has 0 aliphatic carbocycles. The molecule has 0 atom stereocenters. The molecule has 0 radical (unpaired) electrons. The fourth-order valence-electron chi connectivity index (χ4n) is 2.73. The summed E-state index contributed by atoms with van der Waals surface area (Å²) in [7, 11) is -3.42. The van der Waals surface area contributed by atoms with Crippen LogP contribution in [-0.2, 0) is 14.8 Å². The predicted octanol–water partition coefficient (Wildman–Crippen LogP) is 4.40. The van der Waals surface area contributed by atoms with E-state index in [1.807, 2.05) is 51.1 Å². The number of aryl methyl sites for hydroxylation is 3. The van der Waals surface area contributed by atoms with E-state index in [2.05, 4.69) is 27.9 Å². The first-order valence-corrected chi connectivity index (χ1v) is 11.6. The number of nitrogens with one attached hydrogen (secondary N) is 1. The number of anilines is 2. The van der Waals surface area contributed by atoms with Gasteiger partial charge in [0.15, 0.2) is 0 Å². The predicted molar refractivity (Wildman–Crippen MR) is 120 cm³/mol. The molecule has 2 rings (SSSR count). The lowest BCUT2D eigenvalue weighted by molar-refractivity contribution is -0.116. The number of halogens is 1. The van der Waals surface area contributed by atoms with E-state index in [0.717, 1.165) is 25.9 Å². The van der Waals surface area contributed by atoms with E-state index >= 15 is 0 Å². The van der Waals surface area contributed by atoms with Gasteiger partial charge in [0.05, 0.1) is 11.9 Å². The summed E-state index contributed by atoms with van der Waals surface area (Å²) >= 11 is 2.23. The summed E-state index contributed by atoms with van der Waals surface area (Å²) < 4.78 is 26.9. The molecule has 1 N–H and O–H groups in total. The lowest BCUT2D eigenvalue weighted by Gasteiger charge is -2.23. The van der Waals surface area contributed by atoms with Crippen molar-refractivity contribution in [1.29, 1.82) is 0 Å². The van der Waals surface area contributed by atoms with E-state index in [1.54, 1.807) is 6.07 Å². The number of hydrogen-bond donors (Lipinski definition) is 1. The van der Waals surface area contributed by atoms with Crippen LogP contribution < -0.4 is 9.62 Å². The summed E-state index contributed by atoms with van der Waals surface area (Å²) in [4.78, 5) is 12.2. The molecule has 2 aromatic carbocycles. The van der Waals surface area contributed by atoms with Gasteiger partial charge < -0.3 is 5.32 Å². The molecule has 7 heteroatoms. The summed E-state index contributed by atoms with van der Waals surface area (Å²) in [5.74, 6) is -0.118. The average molecular weight is 500 g/mol. The van der Waals surface area contributed by atoms with Crippen molar-refractivity contribution in [2.24, 2.45) is 0 Å². The Kier molecular flexibility index (Phi) is 7.27. The maximum atomic E-state index is 12.2. The molecule has 5 nitrogen and oxygen atoms in total. The molecule has 0 fully saturated rings. The smallest absolute Gasteiger partial charge is 0.232 e. The molecule has 0 heterocycles. The van der Waals surface area contributed by atoms with Crippen molar-refractivity contribution < 1.29 is 13.2 Å². The number of carbonyl (C=O) groups is 1. The van der Waals surface area contributed by atoms with Crippen molar-refractivity contribution >= 4 is 49.9 Å². The molecule has 0 spiro atoms. The number of rotatable bonds is 7. The molecular weight excluding hydrogens is 475 g/mol. The van der Waals surface area contributed by atoms with Crippen LogP contribution in [-0.4, -0.2) is 27.1 Å². The molecule has 0 aromatic heterocycles. The van der Waals surface area contributed by atoms with E-state index in [1.165, 1.54) is 10.6 Å². The van der Waals surface area contributed by atoms with Crippen molar-refractivity contribution in [2.75, 3.05) is 22.4 Å². The minimum Gasteiger partial charge on any atom is -0.326 e. The highest BCUT2D eigenvalue weighted by Crippen LogP contribution is 2.22. The standard InChI is InChI=1S/C20H25IN2O3S/c1-14-7-9-18(13-15(14)2)23(27(4,25)26)11-5-6-20(24)22-19-10-8-17(21)12-16(19)3/h7-10,12-13H,5-6,11H2,1-4H3,(H,22,24). The zero-order valence-corrected chi connectivity index (χ0v) is 19.0. The molecule has 0 saturated heterocycles. The number of sulfonamides is 1. The first kappa shape index (κ1) is 21.7. The SMILES string of the molecule is Cc1ccc(N(CCCC(=O)Nc2ccc(I)cc2C)S(C)(=O)=O)cc1C. The van der Waals surface area contributed by atoms with Gasteiger partial charge in [-0.05, 0) is 96.8 Å². The Bertz CT molecular complexity index is 942. The third-order valence-corrected chi connectivity index (χ3v) is 6.27. The summed E-state index contributed by atoms with van der Waals surface area (Å²) in [5.41, 5.74) is 4.57. The number of hydrogen-bond acceptors (Lipinski definition) is 3. The van der Waals surface area contributed by atoms with E-state index in [9.17, 15) is 13.2 Å². The van der Waals surface area contributed by atoms with Crippen LogP contribution in [0.5, 0.6) is 0 Å². The summed E-state index contributed by atoms with van der Waals surface area (Å²) in [5, 5.41) is 2.90. The van der Waals surface area contributed by atoms with Gasteiger partial charge in [-0.15, -0.1) is 0 Å². The monoisotopic (exact) mass is 500 g/mol. The van der Waals surface area contributed by atoms with E-state index in [4.69, 9.17) is 0 Å². The quantitative estimate of drug-likeness (QED) is 0.574. The molecule has 1 amide bonds. The van der Waals surface area contributed by atoms with Gasteiger partial charge in [0.25, 0.3) is 0 Å². The van der Waals surface area contributed by atoms with Crippen LogP contribution in [0.25, 0.3) is 0 Å². The minimum absolute atomic E-state index is 0.118. The van der Waals surface area contributed by atoms with Gasteiger partial charge in [0, 0.05) is 22.2 Å². The number of amides is 1. The van der Waals surface area contributed by atoms with Gasteiger partial charge >= 0.3 is 0 Å². The van der Waals surface area contributed by atoms with Crippen LogP contribution in [0.1, 0.15) is 29.5 Å². The Morgan fingerprint density at radius 1 is 1.04 bits per heavy atom. The average Bonchev–Trinajstić information content (AvgIpc) is 2.56. The zero-order valence-electron chi connectivity index (χ0n) is 16.0. The first-order chi connectivity index (χ1) is 12.6. The largest absolute Gasteiger partial charge is 0.326 e. The Morgan fingerprint density at radius 2 is 1.74 bits per heavy atom. The highest BCUT2D eigenvalue weighted by molar-refractivity contribution is 14.1. The Morgan fingerprint density at radius 3 is 2.33 bits per heavy atom. The lowest BCUT2D eigenvalue weighted by Crippen LogP contribution is -2.31. The fraction of sp³-hybridized carbons (Fsp3) is 0.350. The zero-order chi connectivity index (χ0) is 20.2. The second kappa shape index (κ2) is 9.05. The van der Waals surface area contributed by atoms with Crippen molar-refractivity contribution in [3.63, 3.8) is 0 Å². The Labute approximate surface area is 175 Å². The summed E-state index contributed by atoms with van der Waals surface area (Å²) in [6.07, 6.45) is 1.88. The topological polar surface area (TPSA) is 66.5 Å². The van der Waals surface area contributed by atoms with Gasteiger partial charge in [-0.3, -0.25) is 9.10 Å². The van der Waals surface area contributed by atoms with Gasteiger partial charge in [0.1, 0.15) is 0 Å². The third-order valence-electron chi connectivity index (χ3n) is 4.41. The molecule has 27 heavy (non-hydrogen) atoms. The maximum Gasteiger partial charge on any atom is 0.232 e. The number of benzene rings is 2. The fourth-order valence-corrected chi connectivity index (χ4v) is 4.33. The van der Waals surface area contributed by atoms with Gasteiger partial charge in [0.2, 0.25) is 15.9 Å². The van der Waals surface area contributed by atoms with E-state index in [0.29, 0.717) is 12.1 Å². The highest BCUT2D eigenvalue weighted by atomic mass is 127. The number of nitrogens with zero attached hydrogens (tertiary/aromatic N) is 1. The van der Waals surface area contributed by atoms with Crippen LogP contribution in [0.3, 0.4) is 0 Å². The van der Waals surface area contributed by atoms with Crippen LogP contribution in [0.4, 0.5) is 11.4 Å². The lowest BCUT2D eigenvalue weighted by atomic mass is 10.1. The van der Waals surface area contributed by atoms with E-state index in [-0.39, 0.29) is 18.9 Å². The molecule has 0 unspecified atom stereocenters. The van der Waals surface area contributed by atoms with Crippen molar-refractivity contribution in [1.82, 2.24) is 0 Å². The van der Waals surface area contributed by atoms with Gasteiger partial charge in [-0.2, -0.15) is 0 Å². The number of carbonyl (C=O) groups excluding carboxylic acids is 1. The Balaban J connectivity index is 2.01. The summed E-state index contributed by atoms with van der Waals surface area (Å²) in [6.45, 7) is 6.15. The van der Waals surface area contributed by atoms with Gasteiger partial charge in [-0.1, -0.05) is 6.07 Å². The Hall–Kier alpha value is -1.61. The molecule has 0 aliphatic rings. The normalized spacial score (nSPS) is 11.3. The molecule has 0 aliphatic heterocycles. The molecule has 2 aromatic rings. The van der Waals surface area contributed by atoms with Crippen molar-refractivity contribution in [3.8, 4) is 0 Å². The molecular formula is C20H25IN2O3S. The molecule has 0 bridgehead atoms. The van der Waals surface area contributed by atoms with Crippen LogP contribution in [0.15, 0.2) is 36.4 Å². The third kappa shape index (κ3) is 6.21. The second-order valence-corrected chi connectivity index (χ2v) is 9.87. The van der Waals surface area contributed by atoms with E-state index < -0.39 is 10.0 Å². The summed E-state index contributed by atoms with van der Waals surface area (Å²) in [6, 6.07) is 11.4. The van der Waals surface area contributed by atoms with Crippen molar-refractivity contribution in [2.45, 2.75) is 33.6 Å². The second-order valence-electron chi connectivity index (χ2n) is 6.71. The van der Waals surface area contributed by atoms with Crippen LogP contribution in [0.2, 0.25) is 0 Å². The van der Waals surface area contributed by atoms with Crippen molar-refractivity contribution in [3.05, 3.63) is 56.7 Å².